The van der Waals surface area contributed by atoms with Crippen molar-refractivity contribution in [3.8, 4) is 11.4 Å². The lowest BCUT2D eigenvalue weighted by molar-refractivity contribution is 0.0981. The molecule has 1 atom stereocenters. The summed E-state index contributed by atoms with van der Waals surface area (Å²) in [6, 6.07) is 16.7. The third kappa shape index (κ3) is 3.40. The highest BCUT2D eigenvalue weighted by Crippen LogP contribution is 2.29. The minimum atomic E-state index is 0.122. The largest absolute Gasteiger partial charge is 0.376 e. The molecule has 5 heteroatoms. The highest BCUT2D eigenvalue weighted by atomic mass is 16.5. The fourth-order valence-electron chi connectivity index (χ4n) is 4.00. The summed E-state index contributed by atoms with van der Waals surface area (Å²) in [6.45, 7) is 8.28. The van der Waals surface area contributed by atoms with Crippen LogP contribution >= 0.6 is 0 Å². The van der Waals surface area contributed by atoms with E-state index in [2.05, 4.69) is 49.6 Å². The van der Waals surface area contributed by atoms with Crippen molar-refractivity contribution in [2.75, 3.05) is 6.61 Å². The summed E-state index contributed by atoms with van der Waals surface area (Å²) in [7, 11) is 0. The minimum Gasteiger partial charge on any atom is -0.376 e. The second kappa shape index (κ2) is 6.92. The van der Waals surface area contributed by atoms with Crippen LogP contribution in [0.1, 0.15) is 39.2 Å². The molecular weight excluding hydrogens is 360 g/mol. The number of hydrogen-bond donors (Lipinski definition) is 0. The number of rotatable bonds is 3. The van der Waals surface area contributed by atoms with E-state index >= 15 is 0 Å². The normalized spacial score (nSPS) is 17.4. The van der Waals surface area contributed by atoms with Gasteiger partial charge < -0.3 is 9.30 Å². The second-order valence-corrected chi connectivity index (χ2v) is 8.87. The molecule has 0 saturated carbocycles. The molecule has 2 aromatic heterocycles. The van der Waals surface area contributed by atoms with Crippen LogP contribution in [0.5, 0.6) is 0 Å². The van der Waals surface area contributed by atoms with Crippen LogP contribution in [0.3, 0.4) is 0 Å². The van der Waals surface area contributed by atoms with Crippen molar-refractivity contribution in [3.05, 3.63) is 54.1 Å². The fourth-order valence-corrected chi connectivity index (χ4v) is 4.00. The van der Waals surface area contributed by atoms with E-state index in [1.807, 2.05) is 24.3 Å². The molecule has 0 unspecified atom stereocenters. The second-order valence-electron chi connectivity index (χ2n) is 8.87. The van der Waals surface area contributed by atoms with Gasteiger partial charge in [0, 0.05) is 12.2 Å². The summed E-state index contributed by atoms with van der Waals surface area (Å²) in [5.74, 6) is 0.909. The summed E-state index contributed by atoms with van der Waals surface area (Å²) >= 11 is 0. The molecule has 0 bridgehead atoms. The third-order valence-electron chi connectivity index (χ3n) is 5.68. The van der Waals surface area contributed by atoms with Crippen LogP contribution in [0, 0.1) is 0 Å². The molecule has 5 rings (SSSR count). The third-order valence-corrected chi connectivity index (χ3v) is 5.68. The lowest BCUT2D eigenvalue weighted by atomic mass is 9.87. The van der Waals surface area contributed by atoms with Gasteiger partial charge in [-0.1, -0.05) is 57.2 Å². The molecule has 1 saturated heterocycles. The average molecular weight is 386 g/mol. The Bertz CT molecular complexity index is 1170. The van der Waals surface area contributed by atoms with Crippen molar-refractivity contribution < 1.29 is 4.74 Å². The first-order valence-corrected chi connectivity index (χ1v) is 10.3. The summed E-state index contributed by atoms with van der Waals surface area (Å²) < 4.78 is 8.11. The van der Waals surface area contributed by atoms with Crippen LogP contribution in [0.15, 0.2) is 48.5 Å². The zero-order valence-electron chi connectivity index (χ0n) is 17.2. The number of fused-ring (bicyclic) bond motifs is 2. The Balaban J connectivity index is 1.67. The molecule has 3 heterocycles. The monoisotopic (exact) mass is 386 g/mol. The molecule has 29 heavy (non-hydrogen) atoms. The lowest BCUT2D eigenvalue weighted by Crippen LogP contribution is -2.16. The number of para-hydroxylation sites is 2. The van der Waals surface area contributed by atoms with Crippen molar-refractivity contribution in [1.82, 2.24) is 19.5 Å². The molecule has 1 aliphatic rings. The summed E-state index contributed by atoms with van der Waals surface area (Å²) in [5, 5.41) is 0. The van der Waals surface area contributed by atoms with Gasteiger partial charge in [0.2, 0.25) is 0 Å². The maximum absolute atomic E-state index is 5.92. The molecule has 0 spiro atoms. The van der Waals surface area contributed by atoms with E-state index in [4.69, 9.17) is 19.7 Å². The van der Waals surface area contributed by atoms with Gasteiger partial charge in [-0.05, 0) is 36.0 Å². The summed E-state index contributed by atoms with van der Waals surface area (Å²) in [6.07, 6.45) is 2.39. The number of hydrogen-bond acceptors (Lipinski definition) is 4. The van der Waals surface area contributed by atoms with Crippen LogP contribution < -0.4 is 0 Å². The number of ether oxygens (including phenoxy) is 1. The van der Waals surface area contributed by atoms with Crippen molar-refractivity contribution in [2.45, 2.75) is 51.7 Å². The van der Waals surface area contributed by atoms with Gasteiger partial charge in [-0.25, -0.2) is 15.0 Å². The molecule has 4 aromatic rings. The Hall–Kier alpha value is -2.79. The number of benzene rings is 2. The predicted octanol–water partition coefficient (Wildman–Crippen LogP) is 5.12. The van der Waals surface area contributed by atoms with Crippen molar-refractivity contribution in [1.29, 1.82) is 0 Å². The van der Waals surface area contributed by atoms with Gasteiger partial charge in [0.25, 0.3) is 0 Å². The summed E-state index contributed by atoms with van der Waals surface area (Å²) in [5.41, 5.74) is 5.80. The van der Waals surface area contributed by atoms with Gasteiger partial charge >= 0.3 is 0 Å². The lowest BCUT2D eigenvalue weighted by Gasteiger charge is -2.19. The van der Waals surface area contributed by atoms with Crippen molar-refractivity contribution >= 4 is 22.3 Å². The number of aromatic nitrogens is 4. The van der Waals surface area contributed by atoms with Crippen LogP contribution in [0.25, 0.3) is 33.7 Å². The zero-order chi connectivity index (χ0) is 20.0. The Morgan fingerprint density at radius 2 is 1.69 bits per heavy atom. The summed E-state index contributed by atoms with van der Waals surface area (Å²) in [4.78, 5) is 14.6. The van der Waals surface area contributed by atoms with Gasteiger partial charge in [-0.2, -0.15) is 0 Å². The van der Waals surface area contributed by atoms with E-state index in [-0.39, 0.29) is 11.5 Å². The highest BCUT2D eigenvalue weighted by molar-refractivity contribution is 5.84. The number of imidazole rings is 1. The van der Waals surface area contributed by atoms with Gasteiger partial charge in [0.1, 0.15) is 5.82 Å². The smallest absolute Gasteiger partial charge is 0.198 e. The van der Waals surface area contributed by atoms with Crippen LogP contribution in [0.2, 0.25) is 0 Å². The molecule has 0 N–H and O–H groups in total. The quantitative estimate of drug-likeness (QED) is 0.490. The van der Waals surface area contributed by atoms with Gasteiger partial charge in [-0.3, -0.25) is 0 Å². The molecule has 0 amide bonds. The predicted molar refractivity (Wildman–Crippen MR) is 116 cm³/mol. The molecule has 0 radical (unpaired) electrons. The topological polar surface area (TPSA) is 52.8 Å². The highest BCUT2D eigenvalue weighted by Gasteiger charge is 2.22. The first-order chi connectivity index (χ1) is 14.0. The Kier molecular flexibility index (Phi) is 4.36. The molecule has 148 valence electrons. The van der Waals surface area contributed by atoms with Gasteiger partial charge in [0.05, 0.1) is 23.7 Å². The molecule has 5 nitrogen and oxygen atoms in total. The van der Waals surface area contributed by atoms with E-state index in [1.165, 1.54) is 5.56 Å². The van der Waals surface area contributed by atoms with Crippen LogP contribution in [-0.2, 0) is 16.7 Å². The standard InChI is InChI=1S/C24H26N4O/c1-24(2,3)17-12-10-16(11-13-17)22-27-21-23(28(22)15-18-7-6-14-29-18)26-20-9-5-4-8-19(20)25-21/h4-5,8-13,18H,6-7,14-15H2,1-3H3/t18-/m1/s1. The van der Waals surface area contributed by atoms with E-state index in [0.717, 1.165) is 54.1 Å². The molecule has 0 aliphatic carbocycles. The first kappa shape index (κ1) is 18.3. The van der Waals surface area contributed by atoms with Crippen LogP contribution in [-0.4, -0.2) is 32.2 Å². The van der Waals surface area contributed by atoms with Gasteiger partial charge in [-0.15, -0.1) is 0 Å². The molecule has 1 aliphatic heterocycles. The zero-order valence-corrected chi connectivity index (χ0v) is 17.2. The van der Waals surface area contributed by atoms with Gasteiger partial charge in [0.15, 0.2) is 11.3 Å². The van der Waals surface area contributed by atoms with E-state index < -0.39 is 0 Å². The average Bonchev–Trinajstić information content (AvgIpc) is 3.34. The molecule has 1 fully saturated rings. The molecule has 2 aromatic carbocycles. The minimum absolute atomic E-state index is 0.122. The molecular formula is C24H26N4O. The Morgan fingerprint density at radius 1 is 0.966 bits per heavy atom. The van der Waals surface area contributed by atoms with E-state index in [1.54, 1.807) is 0 Å². The number of nitrogens with zero attached hydrogens (tertiary/aromatic N) is 4. The maximum atomic E-state index is 5.92. The SMILES string of the molecule is CC(C)(C)c1ccc(-c2nc3nc4ccccc4nc3n2C[C@H]2CCCO2)cc1. The van der Waals surface area contributed by atoms with Crippen molar-refractivity contribution in [2.24, 2.45) is 0 Å². The van der Waals surface area contributed by atoms with Crippen molar-refractivity contribution in [3.63, 3.8) is 0 Å². The maximum Gasteiger partial charge on any atom is 0.198 e. The Labute approximate surface area is 170 Å². The Morgan fingerprint density at radius 3 is 2.34 bits per heavy atom. The first-order valence-electron chi connectivity index (χ1n) is 10.3. The van der Waals surface area contributed by atoms with E-state index in [9.17, 15) is 0 Å². The fraction of sp³-hybridized carbons (Fsp3) is 0.375. The van der Waals surface area contributed by atoms with Crippen LogP contribution in [0.4, 0.5) is 0 Å². The van der Waals surface area contributed by atoms with E-state index in [0.29, 0.717) is 5.65 Å².